The molecule has 2 aromatic rings. The summed E-state index contributed by atoms with van der Waals surface area (Å²) in [6.07, 6.45) is 0.578. The molecule has 3 rings (SSSR count). The molecule has 1 unspecified atom stereocenters. The van der Waals surface area contributed by atoms with Crippen LogP contribution in [0.25, 0.3) is 11.0 Å². The number of benzene rings is 1. The standard InChI is InChI=1S/C22H29NO6/c1-6-26-20(24)19-14(2)28-18-8-7-16(11-17(18)19)27-13-15-9-10-23(12-15)21(25)29-22(3,4)5/h7-8,11,15H,6,9-10,12-13H2,1-5H3. The van der Waals surface area contributed by atoms with E-state index in [1.54, 1.807) is 30.9 Å². The quantitative estimate of drug-likeness (QED) is 0.682. The molecule has 1 aromatic heterocycles. The molecule has 1 fully saturated rings. The van der Waals surface area contributed by atoms with Gasteiger partial charge < -0.3 is 23.5 Å². The van der Waals surface area contributed by atoms with Gasteiger partial charge in [0.1, 0.15) is 28.3 Å². The van der Waals surface area contributed by atoms with Crippen LogP contribution >= 0.6 is 0 Å². The summed E-state index contributed by atoms with van der Waals surface area (Å²) in [6.45, 7) is 11.2. The van der Waals surface area contributed by atoms with E-state index in [-0.39, 0.29) is 12.0 Å². The van der Waals surface area contributed by atoms with Crippen molar-refractivity contribution in [1.82, 2.24) is 4.90 Å². The second-order valence-corrected chi connectivity index (χ2v) is 8.30. The van der Waals surface area contributed by atoms with Gasteiger partial charge in [-0.15, -0.1) is 0 Å². The minimum Gasteiger partial charge on any atom is -0.493 e. The van der Waals surface area contributed by atoms with Crippen LogP contribution < -0.4 is 4.74 Å². The van der Waals surface area contributed by atoms with Gasteiger partial charge in [0.15, 0.2) is 0 Å². The van der Waals surface area contributed by atoms with Crippen LogP contribution in [0.3, 0.4) is 0 Å². The summed E-state index contributed by atoms with van der Waals surface area (Å²) in [5.74, 6) is 1.01. The minimum absolute atomic E-state index is 0.230. The summed E-state index contributed by atoms with van der Waals surface area (Å²) in [4.78, 5) is 26.2. The van der Waals surface area contributed by atoms with Crippen molar-refractivity contribution in [2.24, 2.45) is 5.92 Å². The predicted octanol–water partition coefficient (Wildman–Crippen LogP) is 4.55. The summed E-state index contributed by atoms with van der Waals surface area (Å²) >= 11 is 0. The van der Waals surface area contributed by atoms with Gasteiger partial charge in [0, 0.05) is 24.4 Å². The number of nitrogens with zero attached hydrogens (tertiary/aromatic N) is 1. The van der Waals surface area contributed by atoms with E-state index < -0.39 is 11.6 Å². The van der Waals surface area contributed by atoms with Crippen LogP contribution in [0.1, 0.15) is 50.2 Å². The van der Waals surface area contributed by atoms with Crippen molar-refractivity contribution in [3.8, 4) is 5.75 Å². The second-order valence-electron chi connectivity index (χ2n) is 8.30. The Labute approximate surface area is 170 Å². The second kappa shape index (κ2) is 8.35. The van der Waals surface area contributed by atoms with Gasteiger partial charge in [0.25, 0.3) is 0 Å². The lowest BCUT2D eigenvalue weighted by Gasteiger charge is -2.24. The molecule has 158 valence electrons. The minimum atomic E-state index is -0.500. The van der Waals surface area contributed by atoms with Crippen molar-refractivity contribution >= 4 is 23.0 Å². The number of amides is 1. The van der Waals surface area contributed by atoms with Crippen LogP contribution in [0.5, 0.6) is 5.75 Å². The highest BCUT2D eigenvalue weighted by atomic mass is 16.6. The fourth-order valence-corrected chi connectivity index (χ4v) is 3.42. The van der Waals surface area contributed by atoms with Crippen molar-refractivity contribution in [1.29, 1.82) is 0 Å². The number of carbonyl (C=O) groups excluding carboxylic acids is 2. The topological polar surface area (TPSA) is 78.2 Å². The van der Waals surface area contributed by atoms with E-state index in [9.17, 15) is 9.59 Å². The maximum atomic E-state index is 12.2. The molecule has 0 saturated carbocycles. The molecule has 0 spiro atoms. The van der Waals surface area contributed by atoms with Crippen LogP contribution in [-0.4, -0.2) is 48.9 Å². The number of fused-ring (bicyclic) bond motifs is 1. The lowest BCUT2D eigenvalue weighted by atomic mass is 10.1. The highest BCUT2D eigenvalue weighted by Gasteiger charge is 2.30. The van der Waals surface area contributed by atoms with Gasteiger partial charge in [-0.1, -0.05) is 0 Å². The normalized spacial score (nSPS) is 16.9. The Morgan fingerprint density at radius 3 is 2.72 bits per heavy atom. The van der Waals surface area contributed by atoms with Crippen LogP contribution in [0, 0.1) is 12.8 Å². The number of hydrogen-bond acceptors (Lipinski definition) is 6. The van der Waals surface area contributed by atoms with Crippen molar-refractivity contribution in [3.63, 3.8) is 0 Å². The van der Waals surface area contributed by atoms with Crippen LogP contribution in [0.2, 0.25) is 0 Å². The molecule has 2 heterocycles. The number of aryl methyl sites for hydroxylation is 1. The Balaban J connectivity index is 1.63. The number of ether oxygens (including phenoxy) is 3. The first-order chi connectivity index (χ1) is 13.7. The van der Waals surface area contributed by atoms with Gasteiger partial charge in [-0.3, -0.25) is 0 Å². The van der Waals surface area contributed by atoms with E-state index in [1.165, 1.54) is 0 Å². The van der Waals surface area contributed by atoms with Gasteiger partial charge in [-0.05, 0) is 59.2 Å². The Kier molecular flexibility index (Phi) is 6.05. The summed E-state index contributed by atoms with van der Waals surface area (Å²) in [6, 6.07) is 5.42. The fraction of sp³-hybridized carbons (Fsp3) is 0.545. The average Bonchev–Trinajstić information content (AvgIpc) is 3.22. The average molecular weight is 403 g/mol. The highest BCUT2D eigenvalue weighted by molar-refractivity contribution is 6.04. The zero-order chi connectivity index (χ0) is 21.2. The van der Waals surface area contributed by atoms with Gasteiger partial charge in [0.05, 0.1) is 13.2 Å². The fourth-order valence-electron chi connectivity index (χ4n) is 3.42. The molecule has 1 atom stereocenters. The molecule has 0 N–H and O–H groups in total. The molecule has 7 heteroatoms. The summed E-state index contributed by atoms with van der Waals surface area (Å²) in [5, 5.41) is 0.681. The maximum absolute atomic E-state index is 12.2. The van der Waals surface area contributed by atoms with E-state index in [1.807, 2.05) is 26.8 Å². The number of rotatable bonds is 5. The molecule has 1 aliphatic rings. The number of furan rings is 1. The van der Waals surface area contributed by atoms with Gasteiger partial charge in [-0.25, -0.2) is 9.59 Å². The third kappa shape index (κ3) is 5.02. The largest absolute Gasteiger partial charge is 0.493 e. The molecule has 0 aliphatic carbocycles. The van der Waals surface area contributed by atoms with Gasteiger partial charge in [0.2, 0.25) is 0 Å². The maximum Gasteiger partial charge on any atom is 0.410 e. The zero-order valence-corrected chi connectivity index (χ0v) is 17.7. The molecular weight excluding hydrogens is 374 g/mol. The molecule has 0 bridgehead atoms. The lowest BCUT2D eigenvalue weighted by molar-refractivity contribution is 0.0284. The molecular formula is C22H29NO6. The smallest absolute Gasteiger partial charge is 0.410 e. The third-order valence-electron chi connectivity index (χ3n) is 4.74. The first-order valence-electron chi connectivity index (χ1n) is 9.99. The van der Waals surface area contributed by atoms with Crippen LogP contribution in [-0.2, 0) is 9.47 Å². The lowest BCUT2D eigenvalue weighted by Crippen LogP contribution is -2.35. The predicted molar refractivity (Wildman–Crippen MR) is 108 cm³/mol. The number of hydrogen-bond donors (Lipinski definition) is 0. The van der Waals surface area contributed by atoms with Gasteiger partial charge in [-0.2, -0.15) is 0 Å². The van der Waals surface area contributed by atoms with Crippen LogP contribution in [0.4, 0.5) is 4.79 Å². The van der Waals surface area contributed by atoms with E-state index in [0.717, 1.165) is 6.42 Å². The number of likely N-dealkylation sites (tertiary alicyclic amines) is 1. The molecule has 29 heavy (non-hydrogen) atoms. The monoisotopic (exact) mass is 403 g/mol. The summed E-state index contributed by atoms with van der Waals surface area (Å²) in [5.41, 5.74) is 0.555. The van der Waals surface area contributed by atoms with Gasteiger partial charge >= 0.3 is 12.1 Å². The Morgan fingerprint density at radius 2 is 2.03 bits per heavy atom. The van der Waals surface area contributed by atoms with Crippen molar-refractivity contribution in [2.45, 2.75) is 46.6 Å². The van der Waals surface area contributed by atoms with E-state index in [2.05, 4.69) is 0 Å². The Bertz CT molecular complexity index is 895. The third-order valence-corrected chi connectivity index (χ3v) is 4.74. The van der Waals surface area contributed by atoms with E-state index in [4.69, 9.17) is 18.6 Å². The van der Waals surface area contributed by atoms with Crippen molar-refractivity contribution < 1.29 is 28.2 Å². The molecule has 1 saturated heterocycles. The molecule has 1 aliphatic heterocycles. The highest BCUT2D eigenvalue weighted by Crippen LogP contribution is 2.30. The summed E-state index contributed by atoms with van der Waals surface area (Å²) < 4.78 is 22.2. The SMILES string of the molecule is CCOC(=O)c1c(C)oc2ccc(OCC3CCN(C(=O)OC(C)(C)C)C3)cc12. The van der Waals surface area contributed by atoms with E-state index in [0.29, 0.717) is 54.3 Å². The molecule has 1 aromatic carbocycles. The summed E-state index contributed by atoms with van der Waals surface area (Å²) in [7, 11) is 0. The Hall–Kier alpha value is -2.70. The van der Waals surface area contributed by atoms with Crippen LogP contribution in [0.15, 0.2) is 22.6 Å². The first kappa shape index (κ1) is 21.0. The molecule has 7 nitrogen and oxygen atoms in total. The number of carbonyl (C=O) groups is 2. The van der Waals surface area contributed by atoms with Crippen molar-refractivity contribution in [3.05, 3.63) is 29.5 Å². The molecule has 0 radical (unpaired) electrons. The molecule has 1 amide bonds. The Morgan fingerprint density at radius 1 is 1.28 bits per heavy atom. The first-order valence-corrected chi connectivity index (χ1v) is 9.99. The van der Waals surface area contributed by atoms with Crippen molar-refractivity contribution in [2.75, 3.05) is 26.3 Å². The zero-order valence-electron chi connectivity index (χ0n) is 17.7. The number of esters is 1. The van der Waals surface area contributed by atoms with E-state index >= 15 is 0 Å².